The second-order valence-corrected chi connectivity index (χ2v) is 3.51. The molecule has 0 amide bonds. The molecule has 0 aromatic carbocycles. The summed E-state index contributed by atoms with van der Waals surface area (Å²) >= 11 is 0. The molecule has 1 heterocycles. The van der Waals surface area contributed by atoms with Gasteiger partial charge in [0.25, 0.3) is 0 Å². The first kappa shape index (κ1) is 9.57. The van der Waals surface area contributed by atoms with Crippen LogP contribution < -0.4 is 0 Å². The SMILES string of the molecule is CC(C)(C)OC(=O)c1ccnnn1. The third-order valence-corrected chi connectivity index (χ3v) is 1.11. The number of esters is 1. The van der Waals surface area contributed by atoms with E-state index in [-0.39, 0.29) is 5.69 Å². The lowest BCUT2D eigenvalue weighted by atomic mass is 10.2. The van der Waals surface area contributed by atoms with E-state index in [1.54, 1.807) is 20.8 Å². The Labute approximate surface area is 76.1 Å². The molecule has 0 unspecified atom stereocenters. The second-order valence-electron chi connectivity index (χ2n) is 3.51. The van der Waals surface area contributed by atoms with Crippen LogP contribution in [0.1, 0.15) is 31.3 Å². The highest BCUT2D eigenvalue weighted by Crippen LogP contribution is 2.09. The van der Waals surface area contributed by atoms with Crippen molar-refractivity contribution in [2.75, 3.05) is 0 Å². The summed E-state index contributed by atoms with van der Waals surface area (Å²) in [5.41, 5.74) is -0.341. The third-order valence-electron chi connectivity index (χ3n) is 1.11. The number of hydrogen-bond donors (Lipinski definition) is 0. The molecule has 5 nitrogen and oxygen atoms in total. The number of hydrogen-bond acceptors (Lipinski definition) is 5. The Balaban J connectivity index is 2.71. The zero-order chi connectivity index (χ0) is 9.90. The second kappa shape index (κ2) is 3.47. The van der Waals surface area contributed by atoms with E-state index in [2.05, 4.69) is 15.4 Å². The standard InChI is InChI=1S/C8H11N3O2/c1-8(2,3)13-7(12)6-4-5-9-11-10-6/h4-5H,1-3H3. The predicted octanol–water partition coefficient (Wildman–Crippen LogP) is 0.827. The summed E-state index contributed by atoms with van der Waals surface area (Å²) in [7, 11) is 0. The van der Waals surface area contributed by atoms with Crippen LogP contribution >= 0.6 is 0 Å². The summed E-state index contributed by atoms with van der Waals surface area (Å²) < 4.78 is 5.05. The molecule has 0 atom stereocenters. The average molecular weight is 181 g/mol. The smallest absolute Gasteiger partial charge is 0.359 e. The highest BCUT2D eigenvalue weighted by molar-refractivity contribution is 5.87. The highest BCUT2D eigenvalue weighted by Gasteiger charge is 2.18. The monoisotopic (exact) mass is 181 g/mol. The maximum absolute atomic E-state index is 11.3. The maximum atomic E-state index is 11.3. The van der Waals surface area contributed by atoms with E-state index >= 15 is 0 Å². The first-order valence-corrected chi connectivity index (χ1v) is 3.87. The Morgan fingerprint density at radius 2 is 2.15 bits per heavy atom. The van der Waals surface area contributed by atoms with E-state index in [4.69, 9.17) is 4.74 Å². The fourth-order valence-electron chi connectivity index (χ4n) is 0.680. The van der Waals surface area contributed by atoms with Crippen molar-refractivity contribution >= 4 is 5.97 Å². The van der Waals surface area contributed by atoms with Crippen LogP contribution in [0.3, 0.4) is 0 Å². The minimum absolute atomic E-state index is 0.171. The van der Waals surface area contributed by atoms with Crippen LogP contribution in [0.4, 0.5) is 0 Å². The van der Waals surface area contributed by atoms with Crippen molar-refractivity contribution in [2.45, 2.75) is 26.4 Å². The minimum Gasteiger partial charge on any atom is -0.455 e. The van der Waals surface area contributed by atoms with Crippen molar-refractivity contribution in [3.63, 3.8) is 0 Å². The first-order chi connectivity index (χ1) is 5.99. The minimum atomic E-state index is -0.512. The zero-order valence-corrected chi connectivity index (χ0v) is 7.81. The van der Waals surface area contributed by atoms with Crippen LogP contribution in [0.25, 0.3) is 0 Å². The van der Waals surface area contributed by atoms with Crippen LogP contribution in [0.5, 0.6) is 0 Å². The molecule has 0 aliphatic rings. The van der Waals surface area contributed by atoms with E-state index in [0.29, 0.717) is 0 Å². The molecule has 0 saturated carbocycles. The largest absolute Gasteiger partial charge is 0.455 e. The van der Waals surface area contributed by atoms with Gasteiger partial charge in [0.1, 0.15) is 5.60 Å². The lowest BCUT2D eigenvalue weighted by Crippen LogP contribution is -2.24. The number of nitrogens with zero attached hydrogens (tertiary/aromatic N) is 3. The molecule has 0 fully saturated rings. The van der Waals surface area contributed by atoms with Crippen molar-refractivity contribution in [3.05, 3.63) is 18.0 Å². The number of ether oxygens (including phenoxy) is 1. The molecular formula is C8H11N3O2. The predicted molar refractivity (Wildman–Crippen MR) is 45.0 cm³/mol. The summed E-state index contributed by atoms with van der Waals surface area (Å²) in [6.45, 7) is 5.37. The lowest BCUT2D eigenvalue weighted by Gasteiger charge is -2.18. The van der Waals surface area contributed by atoms with Crippen LogP contribution in [-0.4, -0.2) is 27.0 Å². The van der Waals surface area contributed by atoms with E-state index in [0.717, 1.165) is 0 Å². The van der Waals surface area contributed by atoms with Crippen LogP contribution in [0.2, 0.25) is 0 Å². The molecule has 0 N–H and O–H groups in total. The fourth-order valence-corrected chi connectivity index (χ4v) is 0.680. The van der Waals surface area contributed by atoms with Crippen molar-refractivity contribution < 1.29 is 9.53 Å². The maximum Gasteiger partial charge on any atom is 0.359 e. The topological polar surface area (TPSA) is 65.0 Å². The van der Waals surface area contributed by atoms with Gasteiger partial charge in [0.2, 0.25) is 0 Å². The molecular weight excluding hydrogens is 170 g/mol. The number of aromatic nitrogens is 3. The molecule has 1 aromatic heterocycles. The van der Waals surface area contributed by atoms with E-state index < -0.39 is 11.6 Å². The number of rotatable bonds is 1. The Morgan fingerprint density at radius 3 is 2.62 bits per heavy atom. The summed E-state index contributed by atoms with van der Waals surface area (Å²) in [6.07, 6.45) is 1.40. The van der Waals surface area contributed by atoms with Crippen molar-refractivity contribution in [1.29, 1.82) is 0 Å². The quantitative estimate of drug-likeness (QED) is 0.600. The summed E-state index contributed by atoms with van der Waals surface area (Å²) in [5, 5.41) is 10.3. The van der Waals surface area contributed by atoms with Gasteiger partial charge in [-0.15, -0.1) is 10.2 Å². The number of carbonyl (C=O) groups excluding carboxylic acids is 1. The van der Waals surface area contributed by atoms with E-state index in [1.807, 2.05) is 0 Å². The molecule has 0 saturated heterocycles. The van der Waals surface area contributed by atoms with E-state index in [9.17, 15) is 4.79 Å². The Bertz CT molecular complexity index is 292. The van der Waals surface area contributed by atoms with Crippen LogP contribution in [0.15, 0.2) is 12.3 Å². The Kier molecular flexibility index (Phi) is 2.55. The van der Waals surface area contributed by atoms with E-state index in [1.165, 1.54) is 12.3 Å². The van der Waals surface area contributed by atoms with Gasteiger partial charge in [0.15, 0.2) is 5.69 Å². The zero-order valence-electron chi connectivity index (χ0n) is 7.81. The molecule has 1 rings (SSSR count). The summed E-state index contributed by atoms with van der Waals surface area (Å²) in [6, 6.07) is 1.46. The number of carbonyl (C=O) groups is 1. The van der Waals surface area contributed by atoms with Gasteiger partial charge < -0.3 is 4.74 Å². The Hall–Kier alpha value is -1.52. The van der Waals surface area contributed by atoms with Gasteiger partial charge in [-0.1, -0.05) is 0 Å². The molecule has 1 aromatic rings. The normalized spacial score (nSPS) is 11.0. The summed E-state index contributed by atoms with van der Waals surface area (Å²) in [4.78, 5) is 11.3. The summed E-state index contributed by atoms with van der Waals surface area (Å²) in [5.74, 6) is -0.484. The Morgan fingerprint density at radius 1 is 1.46 bits per heavy atom. The molecule has 0 spiro atoms. The van der Waals surface area contributed by atoms with Crippen molar-refractivity contribution in [2.24, 2.45) is 0 Å². The third kappa shape index (κ3) is 3.14. The fraction of sp³-hybridized carbons (Fsp3) is 0.500. The molecule has 0 bridgehead atoms. The molecule has 70 valence electrons. The molecule has 0 aliphatic carbocycles. The van der Waals surface area contributed by atoms with Crippen molar-refractivity contribution in [1.82, 2.24) is 15.4 Å². The van der Waals surface area contributed by atoms with Crippen molar-refractivity contribution in [3.8, 4) is 0 Å². The van der Waals surface area contributed by atoms with Gasteiger partial charge in [-0.25, -0.2) is 4.79 Å². The van der Waals surface area contributed by atoms with Gasteiger partial charge in [-0.3, -0.25) is 0 Å². The van der Waals surface area contributed by atoms with Crippen LogP contribution in [-0.2, 0) is 4.74 Å². The van der Waals surface area contributed by atoms with Crippen LogP contribution in [0, 0.1) is 0 Å². The highest BCUT2D eigenvalue weighted by atomic mass is 16.6. The van der Waals surface area contributed by atoms with Gasteiger partial charge in [0.05, 0.1) is 6.20 Å². The van der Waals surface area contributed by atoms with Gasteiger partial charge in [-0.2, -0.15) is 0 Å². The average Bonchev–Trinajstić information content (AvgIpc) is 2.03. The molecule has 5 heteroatoms. The van der Waals surface area contributed by atoms with Gasteiger partial charge in [0, 0.05) is 0 Å². The lowest BCUT2D eigenvalue weighted by molar-refractivity contribution is 0.00611. The van der Waals surface area contributed by atoms with Gasteiger partial charge in [-0.05, 0) is 32.1 Å². The molecule has 0 radical (unpaired) electrons. The first-order valence-electron chi connectivity index (χ1n) is 3.87. The molecule has 0 aliphatic heterocycles. The van der Waals surface area contributed by atoms with Gasteiger partial charge >= 0.3 is 5.97 Å². The molecule has 13 heavy (non-hydrogen) atoms.